The van der Waals surface area contributed by atoms with Gasteiger partial charge in [0.15, 0.2) is 0 Å². The highest BCUT2D eigenvalue weighted by molar-refractivity contribution is 6.31. The molecule has 2 N–H and O–H groups in total. The average molecular weight is 297 g/mol. The lowest BCUT2D eigenvalue weighted by atomic mass is 10.0. The Bertz CT molecular complexity index is 430. The quantitative estimate of drug-likeness (QED) is 0.750. The van der Waals surface area contributed by atoms with Crippen molar-refractivity contribution >= 4 is 23.2 Å². The maximum atomic E-state index is 12.3. The minimum atomic E-state index is -0.0574. The second-order valence-electron chi connectivity index (χ2n) is 5.01. The van der Waals surface area contributed by atoms with E-state index < -0.39 is 0 Å². The van der Waals surface area contributed by atoms with Crippen LogP contribution >= 0.6 is 11.6 Å². The number of anilines is 1. The molecule has 1 amide bonds. The molecule has 1 aromatic carbocycles. The van der Waals surface area contributed by atoms with Gasteiger partial charge in [-0.25, -0.2) is 0 Å². The number of carbonyl (C=O) groups is 1. The molecule has 0 atom stereocenters. The van der Waals surface area contributed by atoms with E-state index in [1.165, 1.54) is 0 Å². The molecule has 0 saturated heterocycles. The molecule has 0 aliphatic carbocycles. The number of amides is 1. The molecule has 112 valence electrons. The highest BCUT2D eigenvalue weighted by Gasteiger charge is 2.13. The first kappa shape index (κ1) is 16.8. The van der Waals surface area contributed by atoms with E-state index in [9.17, 15) is 4.79 Å². The zero-order valence-electron chi connectivity index (χ0n) is 12.6. The molecule has 0 fully saturated rings. The SMILES string of the molecule is CCCNc1ccc(Cl)cc1C(=O)NCC(CC)CC. The van der Waals surface area contributed by atoms with Crippen molar-refractivity contribution in [1.82, 2.24) is 5.32 Å². The van der Waals surface area contributed by atoms with Crippen LogP contribution in [-0.4, -0.2) is 19.0 Å². The third kappa shape index (κ3) is 5.04. The minimum absolute atomic E-state index is 0.0574. The van der Waals surface area contributed by atoms with Crippen LogP contribution in [0.5, 0.6) is 0 Å². The molecule has 0 spiro atoms. The molecule has 1 rings (SSSR count). The lowest BCUT2D eigenvalue weighted by Gasteiger charge is -2.15. The van der Waals surface area contributed by atoms with E-state index in [-0.39, 0.29) is 5.91 Å². The summed E-state index contributed by atoms with van der Waals surface area (Å²) in [5, 5.41) is 6.86. The summed E-state index contributed by atoms with van der Waals surface area (Å²) in [6.07, 6.45) is 3.16. The van der Waals surface area contributed by atoms with Crippen LogP contribution in [0.3, 0.4) is 0 Å². The standard InChI is InChI=1S/C16H25ClN2O/c1-4-9-18-15-8-7-13(17)10-14(15)16(20)19-11-12(5-2)6-3/h7-8,10,12,18H,4-6,9,11H2,1-3H3,(H,19,20). The number of nitrogens with one attached hydrogen (secondary N) is 2. The van der Waals surface area contributed by atoms with E-state index in [1.54, 1.807) is 12.1 Å². The van der Waals surface area contributed by atoms with Gasteiger partial charge in [-0.2, -0.15) is 0 Å². The summed E-state index contributed by atoms with van der Waals surface area (Å²) in [6, 6.07) is 5.39. The van der Waals surface area contributed by atoms with E-state index >= 15 is 0 Å². The summed E-state index contributed by atoms with van der Waals surface area (Å²) in [7, 11) is 0. The maximum absolute atomic E-state index is 12.3. The molecule has 4 heteroatoms. The van der Waals surface area contributed by atoms with Crippen molar-refractivity contribution in [2.24, 2.45) is 5.92 Å². The average Bonchev–Trinajstić information content (AvgIpc) is 2.46. The fraction of sp³-hybridized carbons (Fsp3) is 0.562. The first-order valence-corrected chi connectivity index (χ1v) is 7.81. The van der Waals surface area contributed by atoms with Gasteiger partial charge in [-0.3, -0.25) is 4.79 Å². The molecule has 0 radical (unpaired) electrons. The third-order valence-corrected chi connectivity index (χ3v) is 3.73. The van der Waals surface area contributed by atoms with Crippen molar-refractivity contribution in [3.63, 3.8) is 0 Å². The zero-order chi connectivity index (χ0) is 15.0. The molecule has 0 aromatic heterocycles. The normalized spacial score (nSPS) is 10.7. The lowest BCUT2D eigenvalue weighted by molar-refractivity contribution is 0.0947. The number of carbonyl (C=O) groups excluding carboxylic acids is 1. The van der Waals surface area contributed by atoms with Gasteiger partial charge >= 0.3 is 0 Å². The fourth-order valence-electron chi connectivity index (χ4n) is 2.03. The van der Waals surface area contributed by atoms with Crippen molar-refractivity contribution in [2.45, 2.75) is 40.0 Å². The van der Waals surface area contributed by atoms with Crippen molar-refractivity contribution in [2.75, 3.05) is 18.4 Å². The van der Waals surface area contributed by atoms with Gasteiger partial charge in [0.25, 0.3) is 5.91 Å². The minimum Gasteiger partial charge on any atom is -0.384 e. The van der Waals surface area contributed by atoms with Crippen LogP contribution in [0.1, 0.15) is 50.4 Å². The number of rotatable bonds is 8. The predicted molar refractivity (Wildman–Crippen MR) is 86.6 cm³/mol. The molecule has 3 nitrogen and oxygen atoms in total. The Morgan fingerprint density at radius 2 is 1.95 bits per heavy atom. The summed E-state index contributed by atoms with van der Waals surface area (Å²) in [6.45, 7) is 7.94. The summed E-state index contributed by atoms with van der Waals surface area (Å²) in [5.74, 6) is 0.475. The molecule has 20 heavy (non-hydrogen) atoms. The van der Waals surface area contributed by atoms with E-state index in [4.69, 9.17) is 11.6 Å². The Morgan fingerprint density at radius 1 is 1.25 bits per heavy atom. The van der Waals surface area contributed by atoms with Crippen molar-refractivity contribution in [1.29, 1.82) is 0 Å². The molecule has 1 aromatic rings. The van der Waals surface area contributed by atoms with Gasteiger partial charge in [0.2, 0.25) is 0 Å². The van der Waals surface area contributed by atoms with Gasteiger partial charge in [-0.1, -0.05) is 45.2 Å². The van der Waals surface area contributed by atoms with E-state index in [0.717, 1.165) is 31.5 Å². The summed E-state index contributed by atoms with van der Waals surface area (Å²) < 4.78 is 0. The smallest absolute Gasteiger partial charge is 0.253 e. The van der Waals surface area contributed by atoms with Crippen molar-refractivity contribution in [3.8, 4) is 0 Å². The van der Waals surface area contributed by atoms with Gasteiger partial charge in [0, 0.05) is 23.8 Å². The van der Waals surface area contributed by atoms with Crippen LogP contribution in [0, 0.1) is 5.92 Å². The second kappa shape index (κ2) is 8.85. The van der Waals surface area contributed by atoms with Crippen LogP contribution in [-0.2, 0) is 0 Å². The molecule has 0 bridgehead atoms. The summed E-state index contributed by atoms with van der Waals surface area (Å²) in [5.41, 5.74) is 1.47. The van der Waals surface area contributed by atoms with E-state index in [1.807, 2.05) is 6.07 Å². The fourth-order valence-corrected chi connectivity index (χ4v) is 2.20. The lowest BCUT2D eigenvalue weighted by Crippen LogP contribution is -2.29. The topological polar surface area (TPSA) is 41.1 Å². The van der Waals surface area contributed by atoms with Gasteiger partial charge < -0.3 is 10.6 Å². The van der Waals surface area contributed by atoms with Crippen LogP contribution in [0.4, 0.5) is 5.69 Å². The highest BCUT2D eigenvalue weighted by atomic mass is 35.5. The Hall–Kier alpha value is -1.22. The molecule has 0 saturated carbocycles. The molecule has 0 heterocycles. The van der Waals surface area contributed by atoms with Gasteiger partial charge in [-0.05, 0) is 30.5 Å². The zero-order valence-corrected chi connectivity index (χ0v) is 13.4. The Kier molecular flexibility index (Phi) is 7.45. The van der Waals surface area contributed by atoms with Crippen LogP contribution in [0.25, 0.3) is 0 Å². The predicted octanol–water partition coefficient (Wildman–Crippen LogP) is 4.33. The summed E-state index contributed by atoms with van der Waals surface area (Å²) >= 11 is 6.00. The maximum Gasteiger partial charge on any atom is 0.253 e. The number of benzene rings is 1. The van der Waals surface area contributed by atoms with Crippen LogP contribution in [0.2, 0.25) is 5.02 Å². The van der Waals surface area contributed by atoms with Gasteiger partial charge in [-0.15, -0.1) is 0 Å². The first-order valence-electron chi connectivity index (χ1n) is 7.43. The molecular formula is C16H25ClN2O. The second-order valence-corrected chi connectivity index (χ2v) is 5.45. The third-order valence-electron chi connectivity index (χ3n) is 3.50. The Labute approximate surface area is 127 Å². The number of hydrogen-bond acceptors (Lipinski definition) is 2. The van der Waals surface area contributed by atoms with Crippen LogP contribution < -0.4 is 10.6 Å². The number of hydrogen-bond donors (Lipinski definition) is 2. The monoisotopic (exact) mass is 296 g/mol. The Morgan fingerprint density at radius 3 is 2.55 bits per heavy atom. The van der Waals surface area contributed by atoms with Crippen molar-refractivity contribution in [3.05, 3.63) is 28.8 Å². The number of halogens is 1. The summed E-state index contributed by atoms with van der Waals surface area (Å²) in [4.78, 5) is 12.3. The van der Waals surface area contributed by atoms with E-state index in [0.29, 0.717) is 23.0 Å². The highest BCUT2D eigenvalue weighted by Crippen LogP contribution is 2.21. The first-order chi connectivity index (χ1) is 9.62. The van der Waals surface area contributed by atoms with Gasteiger partial charge in [0.1, 0.15) is 0 Å². The van der Waals surface area contributed by atoms with E-state index in [2.05, 4.69) is 31.4 Å². The van der Waals surface area contributed by atoms with Gasteiger partial charge in [0.05, 0.1) is 5.56 Å². The van der Waals surface area contributed by atoms with Crippen LogP contribution in [0.15, 0.2) is 18.2 Å². The largest absolute Gasteiger partial charge is 0.384 e. The molecular weight excluding hydrogens is 272 g/mol. The van der Waals surface area contributed by atoms with Crippen molar-refractivity contribution < 1.29 is 4.79 Å². The Balaban J connectivity index is 2.76. The molecule has 0 unspecified atom stereocenters. The molecule has 0 aliphatic rings. The molecule has 0 aliphatic heterocycles.